The summed E-state index contributed by atoms with van der Waals surface area (Å²) in [5, 5.41) is 0.274. The van der Waals surface area contributed by atoms with Crippen molar-refractivity contribution in [1.29, 1.82) is 0 Å². The highest BCUT2D eigenvalue weighted by Crippen LogP contribution is 2.60. The van der Waals surface area contributed by atoms with Crippen molar-refractivity contribution in [2.45, 2.75) is 94.1 Å². The molecule has 0 N–H and O–H groups in total. The van der Waals surface area contributed by atoms with Crippen LogP contribution >= 0.6 is 0 Å². The van der Waals surface area contributed by atoms with Crippen LogP contribution in [0.3, 0.4) is 0 Å². The van der Waals surface area contributed by atoms with E-state index in [2.05, 4.69) is 64.0 Å². The zero-order valence-corrected chi connectivity index (χ0v) is 23.8. The number of hydrogen-bond acceptors (Lipinski definition) is 4. The van der Waals surface area contributed by atoms with E-state index >= 15 is 0 Å². The molecule has 6 heteroatoms. The smallest absolute Gasteiger partial charge is 0.250 e. The lowest BCUT2D eigenvalue weighted by atomic mass is 9.55. The summed E-state index contributed by atoms with van der Waals surface area (Å²) in [6.07, 6.45) is 6.43. The summed E-state index contributed by atoms with van der Waals surface area (Å²) < 4.78 is 19.9. The second-order valence-electron chi connectivity index (χ2n) is 12.6. The van der Waals surface area contributed by atoms with Gasteiger partial charge in [0.25, 0.3) is 0 Å². The van der Waals surface area contributed by atoms with E-state index in [4.69, 9.17) is 4.43 Å². The molecule has 3 aliphatic carbocycles. The van der Waals surface area contributed by atoms with Crippen molar-refractivity contribution in [2.24, 2.45) is 17.3 Å². The van der Waals surface area contributed by atoms with Gasteiger partial charge in [-0.05, 0) is 90.9 Å². The van der Waals surface area contributed by atoms with E-state index < -0.39 is 24.7 Å². The van der Waals surface area contributed by atoms with Crippen LogP contribution < -0.4 is 4.43 Å². The van der Waals surface area contributed by atoms with Crippen LogP contribution in [-0.4, -0.2) is 28.9 Å². The second kappa shape index (κ2) is 8.74. The summed E-state index contributed by atoms with van der Waals surface area (Å²) in [5.41, 5.74) is 2.51. The minimum absolute atomic E-state index is 0.169. The first-order valence-corrected chi connectivity index (χ1v) is 17.2. The number of fused-ring (bicyclic) bond motifs is 5. The molecule has 0 aliphatic heterocycles. The molecule has 4 nitrogen and oxygen atoms in total. The number of benzene rings is 1. The Labute approximate surface area is 214 Å². The molecule has 0 amide bonds. The largest absolute Gasteiger partial charge is 0.610 e. The number of aryl methyl sites for hydroxylation is 1. The van der Waals surface area contributed by atoms with E-state index in [0.29, 0.717) is 22.8 Å². The molecule has 3 aliphatic rings. The Balaban J connectivity index is 1.38. The SMILES string of the molecule is CC(C)(C)[Si](C)(C)Oc1ccc2c(c1)CC[C@@H]1[C@@H]2CC[C@]2(C)C(=O)C([S+]([O-])c3ccccn3)C[C@@H]12. The van der Waals surface area contributed by atoms with E-state index in [1.807, 2.05) is 12.1 Å². The molecule has 2 aromatic rings. The number of aromatic nitrogens is 1. The quantitative estimate of drug-likeness (QED) is 0.341. The Morgan fingerprint density at radius 2 is 1.94 bits per heavy atom. The number of ketones is 1. The van der Waals surface area contributed by atoms with Gasteiger partial charge in [-0.1, -0.05) is 39.8 Å². The van der Waals surface area contributed by atoms with Gasteiger partial charge < -0.3 is 8.98 Å². The summed E-state index contributed by atoms with van der Waals surface area (Å²) in [4.78, 5) is 17.9. The number of rotatable bonds is 4. The molecule has 2 unspecified atom stereocenters. The molecular weight excluding hydrogens is 470 g/mol. The lowest BCUT2D eigenvalue weighted by molar-refractivity contribution is -0.129. The highest BCUT2D eigenvalue weighted by atomic mass is 32.2. The Hall–Kier alpha value is -1.63. The minimum atomic E-state index is -1.88. The van der Waals surface area contributed by atoms with E-state index in [0.717, 1.165) is 37.9 Å². The van der Waals surface area contributed by atoms with Gasteiger partial charge in [-0.15, -0.1) is 0 Å². The monoisotopic (exact) mass is 509 g/mol. The van der Waals surface area contributed by atoms with Crippen molar-refractivity contribution in [2.75, 3.05) is 0 Å². The lowest BCUT2D eigenvalue weighted by Gasteiger charge is -2.48. The van der Waals surface area contributed by atoms with Crippen molar-refractivity contribution in [3.8, 4) is 5.75 Å². The molecule has 2 saturated carbocycles. The summed E-state index contributed by atoms with van der Waals surface area (Å²) >= 11 is -1.38. The molecule has 6 atom stereocenters. The Morgan fingerprint density at radius 1 is 1.17 bits per heavy atom. The summed E-state index contributed by atoms with van der Waals surface area (Å²) in [6.45, 7) is 13.6. The van der Waals surface area contributed by atoms with Crippen molar-refractivity contribution in [1.82, 2.24) is 4.98 Å². The molecule has 0 radical (unpaired) electrons. The Kier molecular flexibility index (Phi) is 6.25. The molecule has 1 heterocycles. The topological polar surface area (TPSA) is 62.2 Å². The normalized spacial score (nSPS) is 31.3. The number of carbonyl (C=O) groups excluding carboxylic acids is 1. The first kappa shape index (κ1) is 25.0. The highest BCUT2D eigenvalue weighted by molar-refractivity contribution is 7.92. The van der Waals surface area contributed by atoms with Crippen molar-refractivity contribution in [3.63, 3.8) is 0 Å². The number of hydrogen-bond donors (Lipinski definition) is 0. The lowest BCUT2D eigenvalue weighted by Crippen LogP contribution is -2.44. The number of Topliss-reactive ketones (excluding diaryl/α,β-unsaturated/α-hetero) is 1. The van der Waals surface area contributed by atoms with Crippen LogP contribution in [0.4, 0.5) is 0 Å². The molecule has 35 heavy (non-hydrogen) atoms. The van der Waals surface area contributed by atoms with Gasteiger partial charge in [0, 0.05) is 35.3 Å². The molecule has 0 bridgehead atoms. The fourth-order valence-electron chi connectivity index (χ4n) is 6.63. The van der Waals surface area contributed by atoms with Gasteiger partial charge in [0.2, 0.25) is 13.3 Å². The van der Waals surface area contributed by atoms with Gasteiger partial charge >= 0.3 is 0 Å². The third-order valence-corrected chi connectivity index (χ3v) is 15.6. The molecule has 5 rings (SSSR count). The van der Waals surface area contributed by atoms with Gasteiger partial charge in [0.05, 0.1) is 0 Å². The Bertz CT molecular complexity index is 1110. The third-order valence-electron chi connectivity index (χ3n) is 9.69. The average Bonchev–Trinajstić information content (AvgIpc) is 3.08. The average molecular weight is 510 g/mol. The number of nitrogens with zero attached hydrogens (tertiary/aromatic N) is 1. The predicted molar refractivity (Wildman–Crippen MR) is 144 cm³/mol. The van der Waals surface area contributed by atoms with Crippen LogP contribution in [0, 0.1) is 17.3 Å². The van der Waals surface area contributed by atoms with Gasteiger partial charge in [-0.25, -0.2) is 4.98 Å². The van der Waals surface area contributed by atoms with Crippen LogP contribution in [0.25, 0.3) is 0 Å². The first-order valence-electron chi connectivity index (χ1n) is 13.1. The van der Waals surface area contributed by atoms with Crippen LogP contribution in [0.15, 0.2) is 47.6 Å². The van der Waals surface area contributed by atoms with Gasteiger partial charge in [-0.3, -0.25) is 4.79 Å². The fraction of sp³-hybridized carbons (Fsp3) is 0.586. The number of pyridine rings is 1. The molecule has 188 valence electrons. The predicted octanol–water partition coefficient (Wildman–Crippen LogP) is 6.68. The standard InChI is InChI=1S/C29H39NO3SSi/c1-28(2,3)35(5,6)33-20-11-13-21-19(17-20)10-12-23-22(21)14-15-29(4)24(23)18-25(27(29)31)34(32)26-9-7-8-16-30-26/h7-9,11,13,16-17,22-25H,10,12,14-15,18H2,1-6H3/t22-,23-,24+,25?,29+,34?/m1/s1. The zero-order chi connectivity index (χ0) is 25.2. The second-order valence-corrected chi connectivity index (χ2v) is 19.0. The third kappa shape index (κ3) is 4.19. The summed E-state index contributed by atoms with van der Waals surface area (Å²) in [7, 11) is -1.88. The summed E-state index contributed by atoms with van der Waals surface area (Å²) in [6, 6.07) is 12.2. The van der Waals surface area contributed by atoms with Crippen LogP contribution in [0.1, 0.15) is 70.4 Å². The molecule has 0 saturated heterocycles. The maximum Gasteiger partial charge on any atom is 0.250 e. The number of carbonyl (C=O) groups is 1. The molecular formula is C29H39NO3SSi. The zero-order valence-electron chi connectivity index (χ0n) is 22.0. The van der Waals surface area contributed by atoms with Gasteiger partial charge in [-0.2, -0.15) is 0 Å². The van der Waals surface area contributed by atoms with Crippen molar-refractivity contribution in [3.05, 3.63) is 53.7 Å². The minimum Gasteiger partial charge on any atom is -0.610 e. The van der Waals surface area contributed by atoms with E-state index in [1.54, 1.807) is 12.3 Å². The van der Waals surface area contributed by atoms with Crippen molar-refractivity contribution >= 4 is 25.3 Å². The van der Waals surface area contributed by atoms with Gasteiger partial charge in [0.15, 0.2) is 11.0 Å². The van der Waals surface area contributed by atoms with Crippen LogP contribution in [0.2, 0.25) is 18.1 Å². The first-order chi connectivity index (χ1) is 16.4. The fourth-order valence-corrected chi connectivity index (χ4v) is 9.17. The van der Waals surface area contributed by atoms with Gasteiger partial charge in [0.1, 0.15) is 5.75 Å². The Morgan fingerprint density at radius 3 is 2.63 bits per heavy atom. The van der Waals surface area contributed by atoms with E-state index in [9.17, 15) is 9.35 Å². The highest BCUT2D eigenvalue weighted by Gasteiger charge is 2.61. The molecule has 2 fully saturated rings. The van der Waals surface area contributed by atoms with Crippen LogP contribution in [-0.2, 0) is 22.4 Å². The van der Waals surface area contributed by atoms with Crippen LogP contribution in [0.5, 0.6) is 5.75 Å². The maximum absolute atomic E-state index is 13.6. The molecule has 0 spiro atoms. The van der Waals surface area contributed by atoms with Crippen molar-refractivity contribution < 1.29 is 13.8 Å². The maximum atomic E-state index is 13.6. The van der Waals surface area contributed by atoms with E-state index in [-0.39, 0.29) is 16.2 Å². The van der Waals surface area contributed by atoms with E-state index in [1.165, 1.54) is 11.1 Å². The molecule has 1 aromatic heterocycles. The molecule has 1 aromatic carbocycles. The summed E-state index contributed by atoms with van der Waals surface area (Å²) in [5.74, 6) is 2.46.